The maximum absolute atomic E-state index is 10.7. The molecule has 2 aromatic carbocycles. The molecular formula is C19H11BrN2O3. The third kappa shape index (κ3) is 3.84. The second-order valence-corrected chi connectivity index (χ2v) is 6.10. The molecule has 0 spiro atoms. The van der Waals surface area contributed by atoms with E-state index in [0.717, 1.165) is 15.6 Å². The van der Waals surface area contributed by atoms with Crippen molar-refractivity contribution < 1.29 is 9.34 Å². The lowest BCUT2D eigenvalue weighted by molar-refractivity contribution is -0.384. The number of furan rings is 1. The number of rotatable bonds is 4. The van der Waals surface area contributed by atoms with Crippen LogP contribution >= 0.6 is 15.9 Å². The van der Waals surface area contributed by atoms with Crippen molar-refractivity contribution in [3.63, 3.8) is 0 Å². The zero-order chi connectivity index (χ0) is 17.8. The zero-order valence-electron chi connectivity index (χ0n) is 12.8. The van der Waals surface area contributed by atoms with Gasteiger partial charge in [0.2, 0.25) is 0 Å². The van der Waals surface area contributed by atoms with Gasteiger partial charge in [0.15, 0.2) is 0 Å². The van der Waals surface area contributed by atoms with Crippen LogP contribution in [0.25, 0.3) is 23.0 Å². The largest absolute Gasteiger partial charge is 0.457 e. The summed E-state index contributed by atoms with van der Waals surface area (Å²) in [5.74, 6) is 1.11. The summed E-state index contributed by atoms with van der Waals surface area (Å²) in [5, 5.41) is 20.1. The van der Waals surface area contributed by atoms with Crippen molar-refractivity contribution in [2.45, 2.75) is 0 Å². The quantitative estimate of drug-likeness (QED) is 0.323. The number of non-ortho nitro benzene ring substituents is 1. The Balaban J connectivity index is 1.88. The molecule has 3 aromatic rings. The fourth-order valence-corrected chi connectivity index (χ4v) is 2.55. The fraction of sp³-hybridized carbons (Fsp3) is 0. The molecule has 122 valence electrons. The molecule has 0 unspecified atom stereocenters. The van der Waals surface area contributed by atoms with Crippen molar-refractivity contribution in [3.05, 3.63) is 86.6 Å². The van der Waals surface area contributed by atoms with E-state index in [1.807, 2.05) is 24.3 Å². The smallest absolute Gasteiger partial charge is 0.269 e. The Kier molecular flexibility index (Phi) is 4.78. The first-order chi connectivity index (χ1) is 12.1. The van der Waals surface area contributed by atoms with Crippen LogP contribution in [-0.4, -0.2) is 4.92 Å². The third-order valence-electron chi connectivity index (χ3n) is 3.55. The summed E-state index contributed by atoms with van der Waals surface area (Å²) in [6.45, 7) is 0. The van der Waals surface area contributed by atoms with Crippen molar-refractivity contribution in [2.24, 2.45) is 0 Å². The van der Waals surface area contributed by atoms with Crippen LogP contribution in [0.5, 0.6) is 0 Å². The number of nitro groups is 1. The molecule has 5 nitrogen and oxygen atoms in total. The van der Waals surface area contributed by atoms with Gasteiger partial charge in [-0.2, -0.15) is 5.26 Å². The van der Waals surface area contributed by atoms with Gasteiger partial charge in [0.1, 0.15) is 11.5 Å². The molecule has 3 rings (SSSR count). The molecule has 25 heavy (non-hydrogen) atoms. The first-order valence-corrected chi connectivity index (χ1v) is 8.08. The molecule has 0 N–H and O–H groups in total. The van der Waals surface area contributed by atoms with Crippen molar-refractivity contribution in [1.29, 1.82) is 5.26 Å². The van der Waals surface area contributed by atoms with Crippen LogP contribution in [0.4, 0.5) is 5.69 Å². The summed E-state index contributed by atoms with van der Waals surface area (Å²) in [5.41, 5.74) is 2.03. The SMILES string of the molecule is N#C/C(=C/c1ccc(-c2ccc([N+](=O)[O-])cc2)o1)c1ccc(Br)cc1. The Hall–Kier alpha value is -3.17. The van der Waals surface area contributed by atoms with Gasteiger partial charge in [-0.1, -0.05) is 28.1 Å². The van der Waals surface area contributed by atoms with Crippen molar-refractivity contribution >= 4 is 33.3 Å². The minimum Gasteiger partial charge on any atom is -0.457 e. The van der Waals surface area contributed by atoms with Gasteiger partial charge in [0, 0.05) is 22.2 Å². The third-order valence-corrected chi connectivity index (χ3v) is 4.08. The summed E-state index contributed by atoms with van der Waals surface area (Å²) >= 11 is 3.36. The van der Waals surface area contributed by atoms with Crippen LogP contribution < -0.4 is 0 Å². The number of nitriles is 1. The second kappa shape index (κ2) is 7.16. The lowest BCUT2D eigenvalue weighted by Crippen LogP contribution is -1.86. The highest BCUT2D eigenvalue weighted by molar-refractivity contribution is 9.10. The number of nitro benzene ring substituents is 1. The van der Waals surface area contributed by atoms with E-state index < -0.39 is 4.92 Å². The minimum absolute atomic E-state index is 0.0254. The van der Waals surface area contributed by atoms with Crippen LogP contribution in [0.1, 0.15) is 11.3 Å². The highest BCUT2D eigenvalue weighted by Crippen LogP contribution is 2.27. The molecule has 1 aromatic heterocycles. The van der Waals surface area contributed by atoms with Gasteiger partial charge >= 0.3 is 0 Å². The van der Waals surface area contributed by atoms with E-state index in [2.05, 4.69) is 22.0 Å². The lowest BCUT2D eigenvalue weighted by Gasteiger charge is -1.99. The number of halogens is 1. The highest BCUT2D eigenvalue weighted by atomic mass is 79.9. The summed E-state index contributed by atoms with van der Waals surface area (Å²) in [6.07, 6.45) is 1.66. The number of hydrogen-bond acceptors (Lipinski definition) is 4. The van der Waals surface area contributed by atoms with Crippen LogP contribution in [0.15, 0.2) is 69.6 Å². The van der Waals surface area contributed by atoms with Gasteiger partial charge in [-0.05, 0) is 48.0 Å². The standard InChI is InChI=1S/C19H11BrN2O3/c20-16-5-1-13(2-6-16)15(12-21)11-18-9-10-19(25-18)14-3-7-17(8-4-14)22(23)24/h1-11H/b15-11-. The maximum atomic E-state index is 10.7. The number of benzene rings is 2. The van der Waals surface area contributed by atoms with Crippen LogP contribution in [0, 0.1) is 21.4 Å². The van der Waals surface area contributed by atoms with Gasteiger partial charge in [-0.25, -0.2) is 0 Å². The van der Waals surface area contributed by atoms with Crippen LogP contribution in [-0.2, 0) is 0 Å². The molecule has 0 amide bonds. The molecule has 0 aliphatic carbocycles. The van der Waals surface area contributed by atoms with Gasteiger partial charge < -0.3 is 4.42 Å². The molecule has 0 fully saturated rings. The van der Waals surface area contributed by atoms with Crippen molar-refractivity contribution in [3.8, 4) is 17.4 Å². The summed E-state index contributed by atoms with van der Waals surface area (Å²) < 4.78 is 6.68. The highest BCUT2D eigenvalue weighted by Gasteiger charge is 2.09. The first-order valence-electron chi connectivity index (χ1n) is 7.29. The average molecular weight is 395 g/mol. The lowest BCUT2D eigenvalue weighted by atomic mass is 10.1. The predicted molar refractivity (Wildman–Crippen MR) is 98.4 cm³/mol. The predicted octanol–water partition coefficient (Wildman–Crippen LogP) is 5.68. The van der Waals surface area contributed by atoms with Gasteiger partial charge in [0.25, 0.3) is 5.69 Å². The van der Waals surface area contributed by atoms with Gasteiger partial charge in [0.05, 0.1) is 16.6 Å². The number of nitrogens with zero attached hydrogens (tertiary/aromatic N) is 2. The van der Waals surface area contributed by atoms with Crippen LogP contribution in [0.2, 0.25) is 0 Å². The van der Waals surface area contributed by atoms with E-state index in [1.165, 1.54) is 12.1 Å². The van der Waals surface area contributed by atoms with Crippen molar-refractivity contribution in [1.82, 2.24) is 0 Å². The molecule has 0 saturated carbocycles. The topological polar surface area (TPSA) is 80.1 Å². The Labute approximate surface area is 152 Å². The van der Waals surface area contributed by atoms with Crippen molar-refractivity contribution in [2.75, 3.05) is 0 Å². The van der Waals surface area contributed by atoms with E-state index in [9.17, 15) is 15.4 Å². The molecular weight excluding hydrogens is 384 g/mol. The van der Waals surface area contributed by atoms with Crippen LogP contribution in [0.3, 0.4) is 0 Å². The molecule has 0 bridgehead atoms. The number of allylic oxidation sites excluding steroid dienone is 1. The monoisotopic (exact) mass is 394 g/mol. The average Bonchev–Trinajstić information content (AvgIpc) is 3.09. The molecule has 0 atom stereocenters. The van der Waals surface area contributed by atoms with E-state index >= 15 is 0 Å². The van der Waals surface area contributed by atoms with E-state index in [-0.39, 0.29) is 5.69 Å². The molecule has 1 heterocycles. The molecule has 0 radical (unpaired) electrons. The molecule has 0 saturated heterocycles. The minimum atomic E-state index is -0.447. The molecule has 0 aliphatic heterocycles. The molecule has 0 aliphatic rings. The zero-order valence-corrected chi connectivity index (χ0v) is 14.4. The normalized spacial score (nSPS) is 11.1. The Morgan fingerprint density at radius 3 is 2.36 bits per heavy atom. The Bertz CT molecular complexity index is 981. The van der Waals surface area contributed by atoms with Gasteiger partial charge in [-0.3, -0.25) is 10.1 Å². The second-order valence-electron chi connectivity index (χ2n) is 5.18. The Morgan fingerprint density at radius 2 is 1.76 bits per heavy atom. The molecule has 6 heteroatoms. The number of hydrogen-bond donors (Lipinski definition) is 0. The van der Waals surface area contributed by atoms with E-state index in [1.54, 1.807) is 30.3 Å². The van der Waals surface area contributed by atoms with E-state index in [4.69, 9.17) is 4.42 Å². The fourth-order valence-electron chi connectivity index (χ4n) is 2.28. The maximum Gasteiger partial charge on any atom is 0.269 e. The van der Waals surface area contributed by atoms with Gasteiger partial charge in [-0.15, -0.1) is 0 Å². The first kappa shape index (κ1) is 16.7. The summed E-state index contributed by atoms with van der Waals surface area (Å²) in [4.78, 5) is 10.3. The Morgan fingerprint density at radius 1 is 1.08 bits per heavy atom. The summed E-state index contributed by atoms with van der Waals surface area (Å²) in [6, 6.07) is 19.2. The van der Waals surface area contributed by atoms with E-state index in [0.29, 0.717) is 17.1 Å². The summed E-state index contributed by atoms with van der Waals surface area (Å²) in [7, 11) is 0.